The summed E-state index contributed by atoms with van der Waals surface area (Å²) < 4.78 is 23.1. The lowest BCUT2D eigenvalue weighted by Gasteiger charge is -2.35. The highest BCUT2D eigenvalue weighted by molar-refractivity contribution is 7.53. The number of hydrogen-bond acceptors (Lipinski definition) is 7. The lowest BCUT2D eigenvalue weighted by Crippen LogP contribution is -2.52. The van der Waals surface area contributed by atoms with Crippen molar-refractivity contribution in [2.24, 2.45) is 0 Å². The molecular weight excluding hydrogens is 401 g/mol. The zero-order chi connectivity index (χ0) is 21.5. The van der Waals surface area contributed by atoms with Gasteiger partial charge in [0.1, 0.15) is 30.0 Å². The van der Waals surface area contributed by atoms with E-state index in [0.29, 0.717) is 5.75 Å². The fraction of sp³-hybridized carbons (Fsp3) is 0.368. The first-order chi connectivity index (χ1) is 13.7. The highest BCUT2D eigenvalue weighted by atomic mass is 31.2. The number of nitrogens with one attached hydrogen (secondary N) is 1. The van der Waals surface area contributed by atoms with E-state index in [4.69, 9.17) is 14.6 Å². The fourth-order valence-electron chi connectivity index (χ4n) is 2.59. The Kier molecular flexibility index (Phi) is 8.04. The minimum Gasteiger partial charge on any atom is -0.508 e. The Bertz CT molecular complexity index is 828. The van der Waals surface area contributed by atoms with Crippen LogP contribution in [0.1, 0.15) is 18.9 Å². The maximum Gasteiger partial charge on any atom is 0.384 e. The van der Waals surface area contributed by atoms with Crippen molar-refractivity contribution < 1.29 is 39.1 Å². The van der Waals surface area contributed by atoms with Gasteiger partial charge in [-0.05, 0) is 30.3 Å². The monoisotopic (exact) mass is 427 g/mol. The smallest absolute Gasteiger partial charge is 0.384 e. The predicted octanol–water partition coefficient (Wildman–Crippen LogP) is 1.53. The zero-order valence-electron chi connectivity index (χ0n) is 15.9. The average Bonchev–Trinajstić information content (AvgIpc) is 2.70. The van der Waals surface area contributed by atoms with Gasteiger partial charge >= 0.3 is 7.60 Å². The molecule has 9 nitrogen and oxygen atoms in total. The molecule has 160 valence electrons. The highest BCUT2D eigenvalue weighted by Gasteiger charge is 2.48. The number of ether oxygens (including phenoxy) is 2. The summed E-state index contributed by atoms with van der Waals surface area (Å²) in [6, 6.07) is 12.5. The molecule has 2 atom stereocenters. The maximum absolute atomic E-state index is 12.1. The van der Waals surface area contributed by atoms with Gasteiger partial charge in [-0.1, -0.05) is 25.1 Å². The molecule has 6 N–H and O–H groups in total. The number of hydrogen-bond donors (Lipinski definition) is 6. The second-order valence-electron chi connectivity index (χ2n) is 6.39. The SMILES string of the molecule is CCC(NCC(O)COc1ccc(O)c(CO)c1)(Oc1ccccc1)P(=O)(O)O. The molecule has 0 heterocycles. The van der Waals surface area contributed by atoms with E-state index < -0.39 is 19.2 Å². The second kappa shape index (κ2) is 10.1. The normalized spacial score (nSPS) is 14.8. The Morgan fingerprint density at radius 1 is 1.14 bits per heavy atom. The van der Waals surface area contributed by atoms with E-state index in [1.165, 1.54) is 18.2 Å². The van der Waals surface area contributed by atoms with Gasteiger partial charge < -0.3 is 34.6 Å². The standard InChI is InChI=1S/C19H26NO8P/c1-2-19(29(24,25)26,28-16-6-4-3-5-7-16)20-11-15(22)13-27-17-8-9-18(23)14(10-17)12-21/h3-10,15,20-23H,2,11-13H2,1H3,(H2,24,25,26). The summed E-state index contributed by atoms with van der Waals surface area (Å²) in [6.45, 7) is 0.793. The molecule has 0 saturated heterocycles. The molecule has 0 aliphatic heterocycles. The van der Waals surface area contributed by atoms with Crippen molar-refractivity contribution in [1.29, 1.82) is 0 Å². The Labute approximate surface area is 168 Å². The van der Waals surface area contributed by atoms with Crippen molar-refractivity contribution >= 4 is 7.60 Å². The van der Waals surface area contributed by atoms with Gasteiger partial charge in [0, 0.05) is 18.5 Å². The third-order valence-corrected chi connectivity index (χ3v) is 5.76. The molecular formula is C19H26NO8P. The van der Waals surface area contributed by atoms with Crippen molar-refractivity contribution in [2.45, 2.75) is 31.5 Å². The van der Waals surface area contributed by atoms with E-state index in [2.05, 4.69) is 5.32 Å². The van der Waals surface area contributed by atoms with E-state index in [-0.39, 0.29) is 43.2 Å². The number of aliphatic hydroxyl groups is 2. The summed E-state index contributed by atoms with van der Waals surface area (Å²) in [4.78, 5) is 19.7. The number of benzene rings is 2. The zero-order valence-corrected chi connectivity index (χ0v) is 16.8. The van der Waals surface area contributed by atoms with Gasteiger partial charge in [0.05, 0.1) is 6.61 Å². The molecule has 2 unspecified atom stereocenters. The summed E-state index contributed by atoms with van der Waals surface area (Å²) in [5, 5.41) is 31.5. The molecule has 29 heavy (non-hydrogen) atoms. The lowest BCUT2D eigenvalue weighted by molar-refractivity contribution is 0.0473. The first-order valence-corrected chi connectivity index (χ1v) is 10.6. The van der Waals surface area contributed by atoms with E-state index in [1.54, 1.807) is 37.3 Å². The van der Waals surface area contributed by atoms with Crippen molar-refractivity contribution in [2.75, 3.05) is 13.2 Å². The third-order valence-electron chi connectivity index (χ3n) is 4.26. The van der Waals surface area contributed by atoms with Crippen LogP contribution in [-0.4, -0.2) is 49.8 Å². The Hall–Kier alpha value is -2.13. The van der Waals surface area contributed by atoms with Crippen LogP contribution in [0.2, 0.25) is 0 Å². The molecule has 0 radical (unpaired) electrons. The van der Waals surface area contributed by atoms with E-state index >= 15 is 0 Å². The minimum atomic E-state index is -4.76. The van der Waals surface area contributed by atoms with Crippen molar-refractivity contribution in [3.63, 3.8) is 0 Å². The molecule has 0 amide bonds. The molecule has 0 bridgehead atoms. The Morgan fingerprint density at radius 2 is 1.83 bits per heavy atom. The molecule has 0 aliphatic rings. The number of aromatic hydroxyl groups is 1. The lowest BCUT2D eigenvalue weighted by atomic mass is 10.2. The molecule has 0 aliphatic carbocycles. The van der Waals surface area contributed by atoms with Gasteiger partial charge in [0.15, 0.2) is 0 Å². The van der Waals surface area contributed by atoms with Crippen molar-refractivity contribution in [3.05, 3.63) is 54.1 Å². The van der Waals surface area contributed by atoms with Gasteiger partial charge in [-0.15, -0.1) is 0 Å². The summed E-state index contributed by atoms with van der Waals surface area (Å²) in [6.07, 6.45) is -1.17. The topological polar surface area (TPSA) is 149 Å². The van der Waals surface area contributed by atoms with Gasteiger partial charge in [0.2, 0.25) is 0 Å². The van der Waals surface area contributed by atoms with Crippen LogP contribution in [0, 0.1) is 0 Å². The first-order valence-electron chi connectivity index (χ1n) is 8.99. The maximum atomic E-state index is 12.1. The number of para-hydroxylation sites is 1. The highest BCUT2D eigenvalue weighted by Crippen LogP contribution is 2.51. The Morgan fingerprint density at radius 3 is 2.41 bits per heavy atom. The van der Waals surface area contributed by atoms with Crippen LogP contribution < -0.4 is 14.8 Å². The minimum absolute atomic E-state index is 0.0580. The van der Waals surface area contributed by atoms with Gasteiger partial charge in [0.25, 0.3) is 5.47 Å². The number of rotatable bonds is 11. The molecule has 2 aromatic rings. The van der Waals surface area contributed by atoms with Crippen LogP contribution >= 0.6 is 7.60 Å². The summed E-state index contributed by atoms with van der Waals surface area (Å²) in [5.74, 6) is 0.522. The van der Waals surface area contributed by atoms with E-state index in [0.717, 1.165) is 0 Å². The van der Waals surface area contributed by atoms with Crippen LogP contribution in [0.4, 0.5) is 0 Å². The average molecular weight is 427 g/mol. The molecule has 0 saturated carbocycles. The largest absolute Gasteiger partial charge is 0.508 e. The van der Waals surface area contributed by atoms with Crippen LogP contribution in [0.5, 0.6) is 17.2 Å². The third kappa shape index (κ3) is 6.17. The quantitative estimate of drug-likeness (QED) is 0.232. The number of aliphatic hydroxyl groups excluding tert-OH is 2. The van der Waals surface area contributed by atoms with Crippen LogP contribution in [-0.2, 0) is 11.2 Å². The van der Waals surface area contributed by atoms with Gasteiger partial charge in [-0.2, -0.15) is 0 Å². The van der Waals surface area contributed by atoms with Crippen LogP contribution in [0.25, 0.3) is 0 Å². The molecule has 0 spiro atoms. The van der Waals surface area contributed by atoms with Crippen LogP contribution in [0.15, 0.2) is 48.5 Å². The van der Waals surface area contributed by atoms with Crippen molar-refractivity contribution in [1.82, 2.24) is 5.32 Å². The van der Waals surface area contributed by atoms with E-state index in [9.17, 15) is 24.6 Å². The first kappa shape index (κ1) is 23.2. The summed E-state index contributed by atoms with van der Waals surface area (Å²) in [7, 11) is -4.76. The van der Waals surface area contributed by atoms with Crippen LogP contribution in [0.3, 0.4) is 0 Å². The molecule has 10 heteroatoms. The number of phenols is 1. The van der Waals surface area contributed by atoms with E-state index in [1.807, 2.05) is 0 Å². The van der Waals surface area contributed by atoms with Gasteiger partial charge in [-0.3, -0.25) is 9.88 Å². The second-order valence-corrected chi connectivity index (χ2v) is 8.20. The van der Waals surface area contributed by atoms with Gasteiger partial charge in [-0.25, -0.2) is 0 Å². The molecule has 2 aromatic carbocycles. The summed E-state index contributed by atoms with van der Waals surface area (Å²) >= 11 is 0. The Balaban J connectivity index is 2.01. The molecule has 2 rings (SSSR count). The summed E-state index contributed by atoms with van der Waals surface area (Å²) in [5.41, 5.74) is -1.73. The van der Waals surface area contributed by atoms with Crippen molar-refractivity contribution in [3.8, 4) is 17.2 Å². The fourth-order valence-corrected chi connectivity index (χ4v) is 3.53. The predicted molar refractivity (Wildman–Crippen MR) is 106 cm³/mol. The molecule has 0 fully saturated rings. The molecule has 0 aromatic heterocycles.